The van der Waals surface area contributed by atoms with E-state index in [-0.39, 0.29) is 24.7 Å². The first kappa shape index (κ1) is 14.2. The molecule has 2 rings (SSSR count). The second-order valence-corrected chi connectivity index (χ2v) is 4.63. The van der Waals surface area contributed by atoms with Crippen molar-refractivity contribution in [2.24, 2.45) is 0 Å². The Hall–Kier alpha value is -2.24. The highest BCUT2D eigenvalue weighted by molar-refractivity contribution is 5.77. The SMILES string of the molecule is CN1CC(CCNC(=O)COc2ccccc2)OC1=O. The number of hydrogen-bond acceptors (Lipinski definition) is 4. The number of rotatable bonds is 6. The molecule has 1 N–H and O–H groups in total. The summed E-state index contributed by atoms with van der Waals surface area (Å²) in [5.74, 6) is 0.473. The molecule has 1 heterocycles. The van der Waals surface area contributed by atoms with Gasteiger partial charge in [-0.25, -0.2) is 4.79 Å². The molecule has 108 valence electrons. The standard InChI is InChI=1S/C14H18N2O4/c1-16-9-12(20-14(16)18)7-8-15-13(17)10-19-11-5-3-2-4-6-11/h2-6,12H,7-10H2,1H3,(H,15,17). The first-order chi connectivity index (χ1) is 9.65. The van der Waals surface area contributed by atoms with Crippen LogP contribution in [-0.2, 0) is 9.53 Å². The molecule has 0 aromatic heterocycles. The van der Waals surface area contributed by atoms with Crippen molar-refractivity contribution in [3.63, 3.8) is 0 Å². The smallest absolute Gasteiger partial charge is 0.409 e. The predicted molar refractivity (Wildman–Crippen MR) is 72.5 cm³/mol. The van der Waals surface area contributed by atoms with Crippen molar-refractivity contribution in [2.45, 2.75) is 12.5 Å². The van der Waals surface area contributed by atoms with Crippen LogP contribution in [0.3, 0.4) is 0 Å². The van der Waals surface area contributed by atoms with Crippen LogP contribution in [-0.4, -0.2) is 49.7 Å². The summed E-state index contributed by atoms with van der Waals surface area (Å²) >= 11 is 0. The summed E-state index contributed by atoms with van der Waals surface area (Å²) in [5, 5.41) is 2.74. The number of benzene rings is 1. The maximum absolute atomic E-state index is 11.6. The fraction of sp³-hybridized carbons (Fsp3) is 0.429. The molecule has 1 aromatic rings. The van der Waals surface area contributed by atoms with Gasteiger partial charge in [-0.15, -0.1) is 0 Å². The quantitative estimate of drug-likeness (QED) is 0.843. The lowest BCUT2D eigenvalue weighted by molar-refractivity contribution is -0.123. The van der Waals surface area contributed by atoms with E-state index < -0.39 is 0 Å². The van der Waals surface area contributed by atoms with Gasteiger partial charge in [0.05, 0.1) is 6.54 Å². The summed E-state index contributed by atoms with van der Waals surface area (Å²) < 4.78 is 10.4. The van der Waals surface area contributed by atoms with E-state index in [2.05, 4.69) is 5.32 Å². The van der Waals surface area contributed by atoms with Crippen LogP contribution in [0.1, 0.15) is 6.42 Å². The summed E-state index contributed by atoms with van der Waals surface area (Å²) in [6.45, 7) is 1.01. The molecule has 0 radical (unpaired) electrons. The van der Waals surface area contributed by atoms with Crippen molar-refractivity contribution in [3.8, 4) is 5.75 Å². The van der Waals surface area contributed by atoms with Crippen molar-refractivity contribution in [3.05, 3.63) is 30.3 Å². The maximum Gasteiger partial charge on any atom is 0.409 e. The first-order valence-electron chi connectivity index (χ1n) is 6.51. The molecule has 0 aliphatic carbocycles. The second-order valence-electron chi connectivity index (χ2n) is 4.63. The molecule has 2 amide bonds. The van der Waals surface area contributed by atoms with Gasteiger partial charge in [-0.2, -0.15) is 0 Å². The number of carbonyl (C=O) groups excluding carboxylic acids is 2. The van der Waals surface area contributed by atoms with E-state index in [0.29, 0.717) is 25.3 Å². The van der Waals surface area contributed by atoms with Crippen LogP contribution in [0.4, 0.5) is 4.79 Å². The van der Waals surface area contributed by atoms with Crippen molar-refractivity contribution in [2.75, 3.05) is 26.7 Å². The zero-order valence-electron chi connectivity index (χ0n) is 11.4. The van der Waals surface area contributed by atoms with Crippen molar-refractivity contribution >= 4 is 12.0 Å². The molecule has 1 aliphatic heterocycles. The minimum absolute atomic E-state index is 0.0195. The molecule has 1 atom stereocenters. The van der Waals surface area contributed by atoms with Crippen LogP contribution in [0.25, 0.3) is 0 Å². The second kappa shape index (κ2) is 6.79. The number of amides is 2. The predicted octanol–water partition coefficient (Wildman–Crippen LogP) is 1.02. The molecule has 0 spiro atoms. The van der Waals surface area contributed by atoms with Gasteiger partial charge < -0.3 is 19.7 Å². The number of likely N-dealkylation sites (N-methyl/N-ethyl adjacent to an activating group) is 1. The first-order valence-corrected chi connectivity index (χ1v) is 6.51. The van der Waals surface area contributed by atoms with Crippen molar-refractivity contribution in [1.29, 1.82) is 0 Å². The number of ether oxygens (including phenoxy) is 2. The number of nitrogens with one attached hydrogen (secondary N) is 1. The summed E-state index contributed by atoms with van der Waals surface area (Å²) in [4.78, 5) is 24.2. The molecule has 0 saturated carbocycles. The van der Waals surface area contributed by atoms with Gasteiger partial charge in [0.25, 0.3) is 5.91 Å². The lowest BCUT2D eigenvalue weighted by Gasteiger charge is -2.10. The van der Waals surface area contributed by atoms with E-state index in [0.717, 1.165) is 0 Å². The number of carbonyl (C=O) groups is 2. The van der Waals surface area contributed by atoms with E-state index >= 15 is 0 Å². The van der Waals surface area contributed by atoms with Gasteiger partial charge in [-0.3, -0.25) is 4.79 Å². The topological polar surface area (TPSA) is 67.9 Å². The van der Waals surface area contributed by atoms with Gasteiger partial charge in [-0.1, -0.05) is 18.2 Å². The molecule has 20 heavy (non-hydrogen) atoms. The van der Waals surface area contributed by atoms with E-state index in [1.165, 1.54) is 4.90 Å². The van der Waals surface area contributed by atoms with Gasteiger partial charge in [0.2, 0.25) is 0 Å². The van der Waals surface area contributed by atoms with E-state index in [9.17, 15) is 9.59 Å². The largest absolute Gasteiger partial charge is 0.484 e. The molecule has 1 aromatic carbocycles. The average molecular weight is 278 g/mol. The Morgan fingerprint density at radius 3 is 2.85 bits per heavy atom. The lowest BCUT2D eigenvalue weighted by atomic mass is 10.2. The fourth-order valence-corrected chi connectivity index (χ4v) is 1.89. The average Bonchev–Trinajstić information content (AvgIpc) is 2.76. The molecular formula is C14H18N2O4. The molecule has 6 nitrogen and oxygen atoms in total. The summed E-state index contributed by atoms with van der Waals surface area (Å²) in [6.07, 6.45) is 0.143. The Labute approximate surface area is 117 Å². The Kier molecular flexibility index (Phi) is 4.81. The molecule has 0 bridgehead atoms. The number of nitrogens with zero attached hydrogens (tertiary/aromatic N) is 1. The van der Waals surface area contributed by atoms with Crippen LogP contribution in [0, 0.1) is 0 Å². The lowest BCUT2D eigenvalue weighted by Crippen LogP contribution is -2.32. The third kappa shape index (κ3) is 4.15. The minimum atomic E-state index is -0.311. The molecule has 1 aliphatic rings. The molecule has 1 saturated heterocycles. The summed E-state index contributed by atoms with van der Waals surface area (Å²) in [5.41, 5.74) is 0. The highest BCUT2D eigenvalue weighted by atomic mass is 16.6. The molecule has 1 unspecified atom stereocenters. The van der Waals surface area contributed by atoms with Gasteiger partial charge >= 0.3 is 6.09 Å². The number of hydrogen-bond donors (Lipinski definition) is 1. The highest BCUT2D eigenvalue weighted by Crippen LogP contribution is 2.11. The highest BCUT2D eigenvalue weighted by Gasteiger charge is 2.27. The Morgan fingerprint density at radius 2 is 2.20 bits per heavy atom. The number of cyclic esters (lactones) is 1. The van der Waals surface area contributed by atoms with Gasteiger partial charge in [0, 0.05) is 20.0 Å². The van der Waals surface area contributed by atoms with Crippen LogP contribution < -0.4 is 10.1 Å². The maximum atomic E-state index is 11.6. The van der Waals surface area contributed by atoms with Crippen LogP contribution in [0.2, 0.25) is 0 Å². The van der Waals surface area contributed by atoms with Crippen LogP contribution >= 0.6 is 0 Å². The third-order valence-corrected chi connectivity index (χ3v) is 2.96. The molecule has 1 fully saturated rings. The zero-order chi connectivity index (χ0) is 14.4. The molecular weight excluding hydrogens is 260 g/mol. The third-order valence-electron chi connectivity index (χ3n) is 2.96. The van der Waals surface area contributed by atoms with Gasteiger partial charge in [0.15, 0.2) is 6.61 Å². The van der Waals surface area contributed by atoms with Crippen molar-refractivity contribution < 1.29 is 19.1 Å². The monoisotopic (exact) mass is 278 g/mol. The normalized spacial score (nSPS) is 17.8. The van der Waals surface area contributed by atoms with E-state index in [4.69, 9.17) is 9.47 Å². The number of para-hydroxylation sites is 1. The summed E-state index contributed by atoms with van der Waals surface area (Å²) in [6, 6.07) is 9.16. The van der Waals surface area contributed by atoms with Gasteiger partial charge in [-0.05, 0) is 12.1 Å². The van der Waals surface area contributed by atoms with Crippen molar-refractivity contribution in [1.82, 2.24) is 10.2 Å². The summed E-state index contributed by atoms with van der Waals surface area (Å²) in [7, 11) is 1.69. The van der Waals surface area contributed by atoms with Crippen LogP contribution in [0.5, 0.6) is 5.75 Å². The fourth-order valence-electron chi connectivity index (χ4n) is 1.89. The minimum Gasteiger partial charge on any atom is -0.484 e. The Morgan fingerprint density at radius 1 is 1.45 bits per heavy atom. The van der Waals surface area contributed by atoms with Gasteiger partial charge in [0.1, 0.15) is 11.9 Å². The Balaban J connectivity index is 1.60. The zero-order valence-corrected chi connectivity index (χ0v) is 11.4. The van der Waals surface area contributed by atoms with E-state index in [1.54, 1.807) is 19.2 Å². The van der Waals surface area contributed by atoms with Crippen LogP contribution in [0.15, 0.2) is 30.3 Å². The van der Waals surface area contributed by atoms with E-state index in [1.807, 2.05) is 18.2 Å². The Bertz CT molecular complexity index is 464. The molecule has 6 heteroatoms.